The summed E-state index contributed by atoms with van der Waals surface area (Å²) in [6, 6.07) is 0. The maximum Gasteiger partial charge on any atom is 0.472 e. The van der Waals surface area contributed by atoms with Crippen molar-refractivity contribution in [1.82, 2.24) is 0 Å². The van der Waals surface area contributed by atoms with Crippen LogP contribution in [0.25, 0.3) is 0 Å². The molecular weight excluding hydrogens is 1250 g/mol. The van der Waals surface area contributed by atoms with Gasteiger partial charge in [0.25, 0.3) is 0 Å². The summed E-state index contributed by atoms with van der Waals surface area (Å²) < 4.78 is 68.3. The summed E-state index contributed by atoms with van der Waals surface area (Å²) in [6.07, 6.45) is 55.8. The summed E-state index contributed by atoms with van der Waals surface area (Å²) in [5.41, 5.74) is 0. The van der Waals surface area contributed by atoms with Crippen molar-refractivity contribution in [2.45, 2.75) is 413 Å². The van der Waals surface area contributed by atoms with E-state index in [0.717, 1.165) is 108 Å². The second kappa shape index (κ2) is 67.9. The number of esters is 4. The van der Waals surface area contributed by atoms with E-state index < -0.39 is 97.5 Å². The van der Waals surface area contributed by atoms with Gasteiger partial charge in [0, 0.05) is 25.7 Å². The molecule has 0 amide bonds. The molecule has 19 heteroatoms. The van der Waals surface area contributed by atoms with Crippen molar-refractivity contribution >= 4 is 39.5 Å². The van der Waals surface area contributed by atoms with Crippen LogP contribution in [-0.2, 0) is 65.4 Å². The average Bonchev–Trinajstić information content (AvgIpc) is 1.69. The van der Waals surface area contributed by atoms with Gasteiger partial charge in [0.2, 0.25) is 0 Å². The van der Waals surface area contributed by atoms with Crippen LogP contribution in [-0.4, -0.2) is 96.7 Å². The zero-order valence-corrected chi connectivity index (χ0v) is 63.8. The lowest BCUT2D eigenvalue weighted by Crippen LogP contribution is -2.30. The summed E-state index contributed by atoms with van der Waals surface area (Å²) in [4.78, 5) is 72.5. The highest BCUT2D eigenvalue weighted by Crippen LogP contribution is 2.45. The molecular formula is C76H148O17P2. The van der Waals surface area contributed by atoms with Gasteiger partial charge in [0.15, 0.2) is 12.2 Å². The van der Waals surface area contributed by atoms with Crippen LogP contribution in [0.4, 0.5) is 0 Å². The number of hydrogen-bond acceptors (Lipinski definition) is 15. The fourth-order valence-electron chi connectivity index (χ4n) is 11.7. The molecule has 17 nitrogen and oxygen atoms in total. The van der Waals surface area contributed by atoms with Crippen molar-refractivity contribution in [3.63, 3.8) is 0 Å². The molecule has 5 atom stereocenters. The van der Waals surface area contributed by atoms with E-state index in [2.05, 4.69) is 41.5 Å². The van der Waals surface area contributed by atoms with Crippen LogP contribution in [0.1, 0.15) is 395 Å². The third kappa shape index (κ3) is 70.3. The molecule has 0 fully saturated rings. The molecule has 0 aliphatic carbocycles. The Balaban J connectivity index is 5.14. The zero-order valence-electron chi connectivity index (χ0n) is 62.0. The third-order valence-electron chi connectivity index (χ3n) is 17.7. The molecule has 0 spiro atoms. The summed E-state index contributed by atoms with van der Waals surface area (Å²) in [6.45, 7) is 9.57. The Hall–Kier alpha value is -1.94. The predicted molar refractivity (Wildman–Crippen MR) is 386 cm³/mol. The Labute approximate surface area is 581 Å². The molecule has 0 heterocycles. The van der Waals surface area contributed by atoms with Crippen molar-refractivity contribution in [2.75, 3.05) is 39.6 Å². The Morgan fingerprint density at radius 2 is 0.484 bits per heavy atom. The normalized spacial score (nSPS) is 14.0. The van der Waals surface area contributed by atoms with Gasteiger partial charge in [-0.2, -0.15) is 0 Å². The highest BCUT2D eigenvalue weighted by atomic mass is 31.2. The smallest absolute Gasteiger partial charge is 0.462 e. The first kappa shape index (κ1) is 93.1. The molecule has 0 bridgehead atoms. The highest BCUT2D eigenvalue weighted by molar-refractivity contribution is 7.47. The van der Waals surface area contributed by atoms with E-state index in [1.54, 1.807) is 0 Å². The highest BCUT2D eigenvalue weighted by Gasteiger charge is 2.30. The molecule has 564 valence electrons. The van der Waals surface area contributed by atoms with Crippen molar-refractivity contribution < 1.29 is 80.2 Å². The maximum absolute atomic E-state index is 13.1. The number of aliphatic hydroxyl groups excluding tert-OH is 1. The van der Waals surface area contributed by atoms with E-state index >= 15 is 0 Å². The van der Waals surface area contributed by atoms with E-state index in [1.807, 2.05) is 0 Å². The van der Waals surface area contributed by atoms with Crippen LogP contribution >= 0.6 is 15.6 Å². The maximum atomic E-state index is 13.1. The molecule has 0 saturated carbocycles. The molecule has 0 radical (unpaired) electrons. The number of aliphatic hydroxyl groups is 1. The lowest BCUT2D eigenvalue weighted by molar-refractivity contribution is -0.161. The Morgan fingerprint density at radius 1 is 0.284 bits per heavy atom. The molecule has 0 aromatic heterocycles. The molecule has 2 unspecified atom stereocenters. The van der Waals surface area contributed by atoms with E-state index in [9.17, 15) is 43.2 Å². The zero-order chi connectivity index (χ0) is 70.0. The van der Waals surface area contributed by atoms with Gasteiger partial charge < -0.3 is 33.8 Å². The topological polar surface area (TPSA) is 237 Å². The van der Waals surface area contributed by atoms with Gasteiger partial charge in [-0.3, -0.25) is 37.3 Å². The first-order valence-corrected chi connectivity index (χ1v) is 42.5. The largest absolute Gasteiger partial charge is 0.472 e. The minimum atomic E-state index is -4.96. The number of carbonyl (C=O) groups is 4. The second-order valence-electron chi connectivity index (χ2n) is 28.3. The number of phosphoric ester groups is 2. The van der Waals surface area contributed by atoms with Crippen LogP contribution in [0.15, 0.2) is 0 Å². The molecule has 0 aromatic rings. The van der Waals surface area contributed by atoms with E-state index in [4.69, 9.17) is 37.0 Å². The molecule has 95 heavy (non-hydrogen) atoms. The Bertz CT molecular complexity index is 1840. The number of carbonyl (C=O) groups excluding carboxylic acids is 4. The lowest BCUT2D eigenvalue weighted by atomic mass is 10.0. The van der Waals surface area contributed by atoms with Gasteiger partial charge in [0.05, 0.1) is 26.4 Å². The molecule has 0 aliphatic rings. The molecule has 0 aliphatic heterocycles. The standard InChI is InChI=1S/C76H148O17P2/c1-7-9-11-13-14-15-16-17-19-27-32-37-42-48-54-60-75(80)92-71(64-86-73(78)58-52-44-12-10-8-2)66-90-94(82,83)88-62-70(77)63-89-95(84,85)91-67-72(65-87-74(79)59-53-47-41-36-31-26-23-22-25-30-35-40-46-51-57-69(5)6)93-76(81)61-55-49-43-38-33-28-21-18-20-24-29-34-39-45-50-56-68(3)4/h68-72,77H,7-67H2,1-6H3,(H,82,83)(H,84,85)/t70-,71+,72+/m0/s1. The fraction of sp³-hybridized carbons (Fsp3) is 0.947. The summed E-state index contributed by atoms with van der Waals surface area (Å²) in [7, 11) is -9.90. The first-order chi connectivity index (χ1) is 45.9. The van der Waals surface area contributed by atoms with Crippen LogP contribution in [0.3, 0.4) is 0 Å². The van der Waals surface area contributed by atoms with Gasteiger partial charge in [-0.25, -0.2) is 9.13 Å². The van der Waals surface area contributed by atoms with Crippen molar-refractivity contribution in [3.8, 4) is 0 Å². The van der Waals surface area contributed by atoms with Gasteiger partial charge in [-0.15, -0.1) is 0 Å². The lowest BCUT2D eigenvalue weighted by Gasteiger charge is -2.21. The van der Waals surface area contributed by atoms with Crippen LogP contribution in [0, 0.1) is 11.8 Å². The summed E-state index contributed by atoms with van der Waals surface area (Å²) in [5.74, 6) is -0.523. The number of unbranched alkanes of at least 4 members (excludes halogenated alkanes) is 45. The second-order valence-corrected chi connectivity index (χ2v) is 31.3. The number of hydrogen-bond donors (Lipinski definition) is 3. The van der Waals surface area contributed by atoms with Crippen molar-refractivity contribution in [3.05, 3.63) is 0 Å². The van der Waals surface area contributed by atoms with Gasteiger partial charge >= 0.3 is 39.5 Å². The van der Waals surface area contributed by atoms with Crippen molar-refractivity contribution in [2.24, 2.45) is 11.8 Å². The van der Waals surface area contributed by atoms with E-state index in [0.29, 0.717) is 25.7 Å². The Morgan fingerprint density at radius 3 is 0.716 bits per heavy atom. The molecule has 3 N–H and O–H groups in total. The molecule has 0 saturated heterocycles. The number of ether oxygens (including phenoxy) is 4. The summed E-state index contributed by atoms with van der Waals surface area (Å²) >= 11 is 0. The van der Waals surface area contributed by atoms with Gasteiger partial charge in [-0.05, 0) is 37.5 Å². The van der Waals surface area contributed by atoms with E-state index in [1.165, 1.54) is 205 Å². The first-order valence-electron chi connectivity index (χ1n) is 39.5. The minimum Gasteiger partial charge on any atom is -0.462 e. The predicted octanol–water partition coefficient (Wildman–Crippen LogP) is 22.3. The van der Waals surface area contributed by atoms with Gasteiger partial charge in [0.1, 0.15) is 19.3 Å². The molecule has 0 aromatic carbocycles. The van der Waals surface area contributed by atoms with Gasteiger partial charge in [-0.1, -0.05) is 343 Å². The molecule has 0 rings (SSSR count). The third-order valence-corrected chi connectivity index (χ3v) is 19.6. The van der Waals surface area contributed by atoms with Crippen LogP contribution in [0.5, 0.6) is 0 Å². The number of rotatable bonds is 75. The average molecular weight is 1400 g/mol. The fourth-order valence-corrected chi connectivity index (χ4v) is 13.2. The van der Waals surface area contributed by atoms with Crippen LogP contribution < -0.4 is 0 Å². The van der Waals surface area contributed by atoms with Crippen LogP contribution in [0.2, 0.25) is 0 Å². The van der Waals surface area contributed by atoms with E-state index in [-0.39, 0.29) is 25.7 Å². The Kier molecular flexibility index (Phi) is 66.5. The summed E-state index contributed by atoms with van der Waals surface area (Å²) in [5, 5.41) is 10.6. The minimum absolute atomic E-state index is 0.107. The monoisotopic (exact) mass is 1400 g/mol. The van der Waals surface area contributed by atoms with Crippen molar-refractivity contribution in [1.29, 1.82) is 0 Å². The number of phosphoric acid groups is 2. The quantitative estimate of drug-likeness (QED) is 0.0222. The SMILES string of the molecule is CCCCCCCCCCCCCCCCCC(=O)O[C@H](COC(=O)CCCCCCC)COP(=O)(O)OC[C@H](O)COP(=O)(O)OC[C@@H](COC(=O)CCCCCCCCCCCCCCCCC(C)C)OC(=O)CCCCCCCCCCCCCCCCCC(C)C.